The Kier molecular flexibility index (Phi) is 4.44. The minimum atomic E-state index is 0.975. The zero-order chi connectivity index (χ0) is 11.2. The summed E-state index contributed by atoms with van der Waals surface area (Å²) in [5.41, 5.74) is 0. The zero-order valence-electron chi connectivity index (χ0n) is 9.27. The van der Waals surface area contributed by atoms with Gasteiger partial charge < -0.3 is 5.32 Å². The second kappa shape index (κ2) is 6.08. The minimum Gasteiger partial charge on any atom is -0.316 e. The van der Waals surface area contributed by atoms with Crippen molar-refractivity contribution in [1.29, 1.82) is 0 Å². The Morgan fingerprint density at radius 1 is 1.31 bits per heavy atom. The number of nitrogens with one attached hydrogen (secondary N) is 1. The molecule has 0 aliphatic rings. The van der Waals surface area contributed by atoms with Crippen LogP contribution >= 0.6 is 22.7 Å². The first-order valence-electron chi connectivity index (χ1n) is 5.47. The Labute approximate surface area is 104 Å². The standard InChI is InChI=1S/C11H15N3S2/c1-2-6-12-7-5-10-13-14-11(16-10)9-4-3-8-15-9/h3-4,8,12H,2,5-7H2,1H3. The van der Waals surface area contributed by atoms with Crippen LogP contribution in [0.4, 0.5) is 0 Å². The van der Waals surface area contributed by atoms with E-state index in [4.69, 9.17) is 0 Å². The van der Waals surface area contributed by atoms with Crippen LogP contribution in [0.15, 0.2) is 17.5 Å². The van der Waals surface area contributed by atoms with Crippen LogP contribution in [0.25, 0.3) is 9.88 Å². The predicted molar refractivity (Wildman–Crippen MR) is 70.1 cm³/mol. The molecule has 2 heterocycles. The molecule has 0 aliphatic heterocycles. The summed E-state index contributed by atoms with van der Waals surface area (Å²) < 4.78 is 0. The van der Waals surface area contributed by atoms with E-state index in [1.807, 2.05) is 6.07 Å². The summed E-state index contributed by atoms with van der Waals surface area (Å²) in [6, 6.07) is 4.13. The fourth-order valence-corrected chi connectivity index (χ4v) is 2.98. The third kappa shape index (κ3) is 3.10. The summed E-state index contributed by atoms with van der Waals surface area (Å²) in [5.74, 6) is 0. The third-order valence-electron chi connectivity index (χ3n) is 2.14. The molecule has 0 radical (unpaired) electrons. The number of nitrogens with zero attached hydrogens (tertiary/aromatic N) is 2. The molecule has 3 nitrogen and oxygen atoms in total. The van der Waals surface area contributed by atoms with Crippen molar-refractivity contribution in [2.45, 2.75) is 19.8 Å². The van der Waals surface area contributed by atoms with Crippen molar-refractivity contribution in [2.24, 2.45) is 0 Å². The smallest absolute Gasteiger partial charge is 0.157 e. The summed E-state index contributed by atoms with van der Waals surface area (Å²) >= 11 is 3.41. The number of thiophene rings is 1. The molecule has 2 rings (SSSR count). The molecule has 0 aromatic carbocycles. The van der Waals surface area contributed by atoms with Gasteiger partial charge in [0.1, 0.15) is 5.01 Å². The fraction of sp³-hybridized carbons (Fsp3) is 0.455. The molecular weight excluding hydrogens is 238 g/mol. The molecule has 0 unspecified atom stereocenters. The second-order valence-corrected chi connectivity index (χ2v) is 5.49. The minimum absolute atomic E-state index is 0.975. The quantitative estimate of drug-likeness (QED) is 0.804. The van der Waals surface area contributed by atoms with Gasteiger partial charge in [0.15, 0.2) is 5.01 Å². The molecule has 0 bridgehead atoms. The Hall–Kier alpha value is -0.780. The number of hydrogen-bond donors (Lipinski definition) is 1. The largest absolute Gasteiger partial charge is 0.316 e. The van der Waals surface area contributed by atoms with Crippen molar-refractivity contribution >= 4 is 22.7 Å². The Morgan fingerprint density at radius 2 is 2.25 bits per heavy atom. The highest BCUT2D eigenvalue weighted by Crippen LogP contribution is 2.27. The number of hydrogen-bond acceptors (Lipinski definition) is 5. The van der Waals surface area contributed by atoms with Crippen molar-refractivity contribution in [3.8, 4) is 9.88 Å². The molecule has 0 saturated carbocycles. The topological polar surface area (TPSA) is 37.8 Å². The summed E-state index contributed by atoms with van der Waals surface area (Å²) in [6.45, 7) is 4.25. The molecule has 1 N–H and O–H groups in total. The highest BCUT2D eigenvalue weighted by Gasteiger charge is 2.06. The number of aromatic nitrogens is 2. The first-order chi connectivity index (χ1) is 7.90. The van der Waals surface area contributed by atoms with Crippen LogP contribution in [0, 0.1) is 0 Å². The average Bonchev–Trinajstić information content (AvgIpc) is 2.94. The highest BCUT2D eigenvalue weighted by molar-refractivity contribution is 7.20. The molecule has 86 valence electrons. The molecule has 0 aliphatic carbocycles. The van der Waals surface area contributed by atoms with Crippen molar-refractivity contribution in [2.75, 3.05) is 13.1 Å². The monoisotopic (exact) mass is 253 g/mol. The molecule has 0 amide bonds. The average molecular weight is 253 g/mol. The maximum absolute atomic E-state index is 4.21. The van der Waals surface area contributed by atoms with E-state index in [9.17, 15) is 0 Å². The van der Waals surface area contributed by atoms with Crippen LogP contribution in [0.3, 0.4) is 0 Å². The van der Waals surface area contributed by atoms with E-state index < -0.39 is 0 Å². The van der Waals surface area contributed by atoms with Gasteiger partial charge in [-0.05, 0) is 24.4 Å². The maximum Gasteiger partial charge on any atom is 0.157 e. The van der Waals surface area contributed by atoms with Gasteiger partial charge in [-0.1, -0.05) is 24.3 Å². The number of rotatable bonds is 6. The van der Waals surface area contributed by atoms with Gasteiger partial charge in [0, 0.05) is 13.0 Å². The molecule has 0 fully saturated rings. The van der Waals surface area contributed by atoms with Crippen LogP contribution < -0.4 is 5.32 Å². The Balaban J connectivity index is 1.88. The van der Waals surface area contributed by atoms with Crippen LogP contribution in [0.2, 0.25) is 0 Å². The van der Waals surface area contributed by atoms with Crippen LogP contribution in [-0.2, 0) is 6.42 Å². The van der Waals surface area contributed by atoms with E-state index in [1.165, 1.54) is 11.3 Å². The highest BCUT2D eigenvalue weighted by atomic mass is 32.1. The lowest BCUT2D eigenvalue weighted by Crippen LogP contribution is -2.17. The Morgan fingerprint density at radius 3 is 3.00 bits per heavy atom. The van der Waals surface area contributed by atoms with Gasteiger partial charge in [-0.3, -0.25) is 0 Å². The van der Waals surface area contributed by atoms with Gasteiger partial charge in [-0.25, -0.2) is 0 Å². The van der Waals surface area contributed by atoms with Crippen LogP contribution in [0.1, 0.15) is 18.4 Å². The van der Waals surface area contributed by atoms with Gasteiger partial charge in [0.25, 0.3) is 0 Å². The Bertz CT molecular complexity index is 409. The third-order valence-corrected chi connectivity index (χ3v) is 4.16. The van der Waals surface area contributed by atoms with Crippen molar-refractivity contribution in [3.05, 3.63) is 22.5 Å². The molecule has 2 aromatic rings. The first kappa shape index (κ1) is 11.7. The van der Waals surface area contributed by atoms with Crippen molar-refractivity contribution in [1.82, 2.24) is 15.5 Å². The lowest BCUT2D eigenvalue weighted by atomic mass is 10.4. The van der Waals surface area contributed by atoms with Gasteiger partial charge in [-0.15, -0.1) is 21.5 Å². The molecule has 2 aromatic heterocycles. The van der Waals surface area contributed by atoms with E-state index in [0.717, 1.165) is 29.5 Å². The summed E-state index contributed by atoms with van der Waals surface area (Å²) in [5, 5.41) is 16.0. The molecule has 16 heavy (non-hydrogen) atoms. The second-order valence-electron chi connectivity index (χ2n) is 3.48. The zero-order valence-corrected chi connectivity index (χ0v) is 10.9. The van der Waals surface area contributed by atoms with Crippen molar-refractivity contribution in [3.63, 3.8) is 0 Å². The van der Waals surface area contributed by atoms with Crippen LogP contribution in [-0.4, -0.2) is 23.3 Å². The first-order valence-corrected chi connectivity index (χ1v) is 7.16. The molecule has 0 saturated heterocycles. The summed E-state index contributed by atoms with van der Waals surface area (Å²) in [6.07, 6.45) is 2.15. The lowest BCUT2D eigenvalue weighted by molar-refractivity contribution is 0.668. The SMILES string of the molecule is CCCNCCc1nnc(-c2cccs2)s1. The van der Waals surface area contributed by atoms with Gasteiger partial charge >= 0.3 is 0 Å². The van der Waals surface area contributed by atoms with Gasteiger partial charge in [-0.2, -0.15) is 0 Å². The molecule has 0 atom stereocenters. The van der Waals surface area contributed by atoms with E-state index in [-0.39, 0.29) is 0 Å². The molecule has 0 spiro atoms. The van der Waals surface area contributed by atoms with Gasteiger partial charge in [0.2, 0.25) is 0 Å². The predicted octanol–water partition coefficient (Wildman–Crippen LogP) is 2.81. The normalized spacial score (nSPS) is 10.8. The lowest BCUT2D eigenvalue weighted by Gasteiger charge is -1.98. The maximum atomic E-state index is 4.21. The molecule has 5 heteroatoms. The fourth-order valence-electron chi connectivity index (χ4n) is 1.35. The van der Waals surface area contributed by atoms with E-state index in [2.05, 4.69) is 33.9 Å². The van der Waals surface area contributed by atoms with Crippen molar-refractivity contribution < 1.29 is 0 Å². The van der Waals surface area contributed by atoms with E-state index >= 15 is 0 Å². The van der Waals surface area contributed by atoms with E-state index in [1.54, 1.807) is 22.7 Å². The van der Waals surface area contributed by atoms with Crippen LogP contribution in [0.5, 0.6) is 0 Å². The molecular formula is C11H15N3S2. The summed E-state index contributed by atoms with van der Waals surface area (Å²) in [7, 11) is 0. The summed E-state index contributed by atoms with van der Waals surface area (Å²) in [4.78, 5) is 1.21. The van der Waals surface area contributed by atoms with Gasteiger partial charge in [0.05, 0.1) is 4.88 Å². The van der Waals surface area contributed by atoms with E-state index in [0.29, 0.717) is 0 Å².